The van der Waals surface area contributed by atoms with Gasteiger partial charge in [0.25, 0.3) is 5.56 Å². The van der Waals surface area contributed by atoms with Gasteiger partial charge in [0, 0.05) is 16.8 Å². The Bertz CT molecular complexity index is 1140. The summed E-state index contributed by atoms with van der Waals surface area (Å²) in [4.78, 5) is 17.1. The van der Waals surface area contributed by atoms with Crippen molar-refractivity contribution in [3.8, 4) is 16.9 Å². The van der Waals surface area contributed by atoms with E-state index in [9.17, 15) is 9.18 Å². The van der Waals surface area contributed by atoms with E-state index in [1.807, 2.05) is 12.1 Å². The Hall–Kier alpha value is -3.05. The van der Waals surface area contributed by atoms with Gasteiger partial charge in [-0.05, 0) is 48.5 Å². The number of hydrogen-bond acceptors (Lipinski definition) is 3. The summed E-state index contributed by atoms with van der Waals surface area (Å²) in [6.07, 6.45) is 1.61. The van der Waals surface area contributed by atoms with Crippen LogP contribution in [0, 0.1) is 5.82 Å². The Morgan fingerprint density at radius 1 is 1.00 bits per heavy atom. The van der Waals surface area contributed by atoms with Crippen LogP contribution in [0.4, 0.5) is 4.39 Å². The molecule has 0 atom stereocenters. The van der Waals surface area contributed by atoms with Crippen molar-refractivity contribution in [1.82, 2.24) is 14.8 Å². The standard InChI is InChI=1S/C19H11ClFN3O/c20-13-4-1-3-12(11-13)17-18-16(5-2-10-22-18)19(25)24(23-17)15-8-6-14(21)7-9-15/h1-11H. The van der Waals surface area contributed by atoms with Crippen molar-refractivity contribution in [2.24, 2.45) is 0 Å². The van der Waals surface area contributed by atoms with E-state index in [2.05, 4.69) is 10.1 Å². The molecular formula is C19H11ClFN3O. The lowest BCUT2D eigenvalue weighted by Crippen LogP contribution is -2.22. The summed E-state index contributed by atoms with van der Waals surface area (Å²) in [5.41, 5.74) is 1.92. The molecule has 25 heavy (non-hydrogen) atoms. The SMILES string of the molecule is O=c1c2cccnc2c(-c2cccc(Cl)c2)nn1-c1ccc(F)cc1. The van der Waals surface area contributed by atoms with E-state index in [4.69, 9.17) is 11.6 Å². The van der Waals surface area contributed by atoms with Crippen LogP contribution in [0.15, 0.2) is 71.7 Å². The zero-order valence-electron chi connectivity index (χ0n) is 12.9. The Morgan fingerprint density at radius 2 is 1.80 bits per heavy atom. The zero-order chi connectivity index (χ0) is 17.4. The minimum Gasteiger partial charge on any atom is -0.267 e. The summed E-state index contributed by atoms with van der Waals surface area (Å²) >= 11 is 6.09. The topological polar surface area (TPSA) is 47.8 Å². The third-order valence-electron chi connectivity index (χ3n) is 3.82. The highest BCUT2D eigenvalue weighted by atomic mass is 35.5. The van der Waals surface area contributed by atoms with Crippen LogP contribution in [0.25, 0.3) is 27.8 Å². The van der Waals surface area contributed by atoms with Crippen LogP contribution in [-0.2, 0) is 0 Å². The smallest absolute Gasteiger partial charge is 0.267 e. The summed E-state index contributed by atoms with van der Waals surface area (Å²) in [6, 6.07) is 16.2. The van der Waals surface area contributed by atoms with E-state index in [0.717, 1.165) is 5.56 Å². The number of pyridine rings is 1. The summed E-state index contributed by atoms with van der Waals surface area (Å²) in [5.74, 6) is -0.380. The van der Waals surface area contributed by atoms with Crippen molar-refractivity contribution in [3.63, 3.8) is 0 Å². The fraction of sp³-hybridized carbons (Fsp3) is 0. The first-order valence-electron chi connectivity index (χ1n) is 7.53. The number of hydrogen-bond donors (Lipinski definition) is 0. The van der Waals surface area contributed by atoms with Gasteiger partial charge in [-0.3, -0.25) is 9.78 Å². The molecular weight excluding hydrogens is 341 g/mol. The first-order valence-corrected chi connectivity index (χ1v) is 7.91. The van der Waals surface area contributed by atoms with Gasteiger partial charge in [0.1, 0.15) is 17.0 Å². The van der Waals surface area contributed by atoms with Crippen molar-refractivity contribution >= 4 is 22.5 Å². The number of aromatic nitrogens is 3. The van der Waals surface area contributed by atoms with Crippen LogP contribution in [0.5, 0.6) is 0 Å². The zero-order valence-corrected chi connectivity index (χ0v) is 13.6. The third-order valence-corrected chi connectivity index (χ3v) is 4.06. The van der Waals surface area contributed by atoms with Gasteiger partial charge in [-0.15, -0.1) is 0 Å². The molecule has 0 saturated carbocycles. The molecule has 0 bridgehead atoms. The minimum absolute atomic E-state index is 0.319. The second kappa shape index (κ2) is 6.11. The van der Waals surface area contributed by atoms with Gasteiger partial charge < -0.3 is 0 Å². The van der Waals surface area contributed by atoms with Crippen molar-refractivity contribution in [1.29, 1.82) is 0 Å². The van der Waals surface area contributed by atoms with E-state index in [0.29, 0.717) is 27.3 Å². The van der Waals surface area contributed by atoms with Gasteiger partial charge in [0.05, 0.1) is 11.1 Å². The van der Waals surface area contributed by atoms with Crippen molar-refractivity contribution < 1.29 is 4.39 Å². The Morgan fingerprint density at radius 3 is 2.56 bits per heavy atom. The molecule has 2 aromatic carbocycles. The second-order valence-electron chi connectivity index (χ2n) is 5.45. The summed E-state index contributed by atoms with van der Waals surface area (Å²) in [6.45, 7) is 0. The summed E-state index contributed by atoms with van der Waals surface area (Å²) in [5, 5.41) is 5.46. The average Bonchev–Trinajstić information content (AvgIpc) is 2.63. The molecule has 0 fully saturated rings. The summed E-state index contributed by atoms with van der Waals surface area (Å²) < 4.78 is 14.5. The molecule has 2 heterocycles. The molecule has 0 aliphatic heterocycles. The monoisotopic (exact) mass is 351 g/mol. The maximum absolute atomic E-state index is 13.2. The largest absolute Gasteiger partial charge is 0.280 e. The van der Waals surface area contributed by atoms with Gasteiger partial charge >= 0.3 is 0 Å². The van der Waals surface area contributed by atoms with E-state index in [-0.39, 0.29) is 11.4 Å². The van der Waals surface area contributed by atoms with Crippen molar-refractivity contribution in [2.45, 2.75) is 0 Å². The van der Waals surface area contributed by atoms with Gasteiger partial charge in [0.2, 0.25) is 0 Å². The Balaban J connectivity index is 2.07. The summed E-state index contributed by atoms with van der Waals surface area (Å²) in [7, 11) is 0. The molecule has 0 spiro atoms. The lowest BCUT2D eigenvalue weighted by molar-refractivity contribution is 0.626. The number of fused-ring (bicyclic) bond motifs is 1. The third kappa shape index (κ3) is 2.79. The highest BCUT2D eigenvalue weighted by molar-refractivity contribution is 6.30. The number of rotatable bonds is 2. The number of benzene rings is 2. The molecule has 0 radical (unpaired) electrons. The minimum atomic E-state index is -0.380. The molecule has 0 N–H and O–H groups in total. The van der Waals surface area contributed by atoms with Crippen molar-refractivity contribution in [2.75, 3.05) is 0 Å². The van der Waals surface area contributed by atoms with Crippen LogP contribution < -0.4 is 5.56 Å². The predicted octanol–water partition coefficient (Wildman–Crippen LogP) is 4.24. The molecule has 2 aromatic heterocycles. The van der Waals surface area contributed by atoms with Gasteiger partial charge in [0.15, 0.2) is 0 Å². The predicted molar refractivity (Wildman–Crippen MR) is 95.5 cm³/mol. The second-order valence-corrected chi connectivity index (χ2v) is 5.89. The molecule has 0 unspecified atom stereocenters. The maximum Gasteiger partial charge on any atom is 0.280 e. The quantitative estimate of drug-likeness (QED) is 0.542. The molecule has 4 aromatic rings. The Labute approximate surface area is 147 Å². The Kier molecular flexibility index (Phi) is 3.78. The molecule has 122 valence electrons. The fourth-order valence-electron chi connectivity index (χ4n) is 2.66. The molecule has 4 nitrogen and oxygen atoms in total. The molecule has 6 heteroatoms. The van der Waals surface area contributed by atoms with Gasteiger partial charge in [-0.2, -0.15) is 9.78 Å². The van der Waals surface area contributed by atoms with E-state index < -0.39 is 0 Å². The van der Waals surface area contributed by atoms with Gasteiger partial charge in [-0.25, -0.2) is 4.39 Å². The molecule has 0 saturated heterocycles. The number of nitrogens with zero attached hydrogens (tertiary/aromatic N) is 3. The lowest BCUT2D eigenvalue weighted by atomic mass is 10.1. The first kappa shape index (κ1) is 15.5. The van der Waals surface area contributed by atoms with Crippen molar-refractivity contribution in [3.05, 3.63) is 88.1 Å². The van der Waals surface area contributed by atoms with Crippen LogP contribution in [0.1, 0.15) is 0 Å². The first-order chi connectivity index (χ1) is 12.1. The normalized spacial score (nSPS) is 11.0. The molecule has 0 aliphatic carbocycles. The highest BCUT2D eigenvalue weighted by Crippen LogP contribution is 2.26. The highest BCUT2D eigenvalue weighted by Gasteiger charge is 2.14. The lowest BCUT2D eigenvalue weighted by Gasteiger charge is -2.11. The number of halogens is 2. The molecule has 0 aliphatic rings. The van der Waals surface area contributed by atoms with Crippen LogP contribution in [-0.4, -0.2) is 14.8 Å². The van der Waals surface area contributed by atoms with Crippen LogP contribution in [0.3, 0.4) is 0 Å². The molecule has 0 amide bonds. The maximum atomic E-state index is 13.2. The van der Waals surface area contributed by atoms with Crippen LogP contribution >= 0.6 is 11.6 Å². The average molecular weight is 352 g/mol. The van der Waals surface area contributed by atoms with Crippen LogP contribution in [0.2, 0.25) is 5.02 Å². The molecule has 4 rings (SSSR count). The van der Waals surface area contributed by atoms with E-state index in [1.54, 1.807) is 30.5 Å². The van der Waals surface area contributed by atoms with E-state index in [1.165, 1.54) is 28.9 Å². The fourth-order valence-corrected chi connectivity index (χ4v) is 2.85. The van der Waals surface area contributed by atoms with E-state index >= 15 is 0 Å². The van der Waals surface area contributed by atoms with Gasteiger partial charge in [-0.1, -0.05) is 23.7 Å².